The summed E-state index contributed by atoms with van der Waals surface area (Å²) >= 11 is 0. The van der Waals surface area contributed by atoms with Gasteiger partial charge in [-0.15, -0.1) is 0 Å². The molecule has 0 unspecified atom stereocenters. The van der Waals surface area contributed by atoms with Gasteiger partial charge in [-0.05, 0) is 56.3 Å². The summed E-state index contributed by atoms with van der Waals surface area (Å²) in [6.45, 7) is 5.25. The quantitative estimate of drug-likeness (QED) is 0.438. The topological polar surface area (TPSA) is 84.3 Å². The molecule has 7 nitrogen and oxygen atoms in total. The van der Waals surface area contributed by atoms with E-state index in [0.717, 1.165) is 16.9 Å². The van der Waals surface area contributed by atoms with Gasteiger partial charge in [0.25, 0.3) is 15.9 Å². The molecule has 1 amide bonds. The summed E-state index contributed by atoms with van der Waals surface area (Å²) in [5.74, 6) is 0.738. The van der Waals surface area contributed by atoms with Gasteiger partial charge in [-0.25, -0.2) is 13.4 Å². The minimum Gasteiger partial charge on any atom is -0.339 e. The number of nitrogens with zero attached hydrogens (tertiary/aromatic N) is 3. The fraction of sp³-hybridized carbons (Fsp3) is 0.200. The molecule has 0 aliphatic rings. The van der Waals surface area contributed by atoms with Crippen molar-refractivity contribution >= 4 is 32.7 Å². The monoisotopic (exact) mass is 462 g/mol. The zero-order chi connectivity index (χ0) is 23.6. The second-order valence-electron chi connectivity index (χ2n) is 7.67. The Hall–Kier alpha value is -3.65. The van der Waals surface area contributed by atoms with E-state index in [1.807, 2.05) is 55.8 Å². The molecule has 1 N–H and O–H groups in total. The smallest absolute Gasteiger partial charge is 0.261 e. The Balaban J connectivity index is 1.63. The molecule has 33 heavy (non-hydrogen) atoms. The van der Waals surface area contributed by atoms with E-state index in [-0.39, 0.29) is 10.8 Å². The predicted molar refractivity (Wildman–Crippen MR) is 131 cm³/mol. The number of nitrogens with one attached hydrogen (secondary N) is 1. The van der Waals surface area contributed by atoms with Crippen molar-refractivity contribution in [2.24, 2.45) is 7.05 Å². The van der Waals surface area contributed by atoms with E-state index in [1.54, 1.807) is 47.4 Å². The van der Waals surface area contributed by atoms with E-state index < -0.39 is 10.0 Å². The number of aromatic nitrogens is 2. The number of rotatable bonds is 7. The molecule has 4 aromatic rings. The summed E-state index contributed by atoms with van der Waals surface area (Å²) in [4.78, 5) is 19.3. The van der Waals surface area contributed by atoms with Crippen LogP contribution in [-0.2, 0) is 17.1 Å². The van der Waals surface area contributed by atoms with Gasteiger partial charge in [0.1, 0.15) is 5.82 Å². The van der Waals surface area contributed by atoms with E-state index in [0.29, 0.717) is 29.9 Å². The van der Waals surface area contributed by atoms with Gasteiger partial charge in [0.05, 0.1) is 21.6 Å². The lowest BCUT2D eigenvalue weighted by Crippen LogP contribution is -2.30. The maximum absolute atomic E-state index is 12.6. The first-order chi connectivity index (χ1) is 15.8. The van der Waals surface area contributed by atoms with Gasteiger partial charge in [-0.3, -0.25) is 9.52 Å². The highest BCUT2D eigenvalue weighted by Crippen LogP contribution is 2.27. The molecule has 0 bridgehead atoms. The van der Waals surface area contributed by atoms with Crippen LogP contribution in [0.1, 0.15) is 24.2 Å². The van der Waals surface area contributed by atoms with Gasteiger partial charge < -0.3 is 9.47 Å². The average molecular weight is 463 g/mol. The molecule has 0 saturated carbocycles. The van der Waals surface area contributed by atoms with Crippen LogP contribution in [0.25, 0.3) is 22.4 Å². The Morgan fingerprint density at radius 2 is 1.64 bits per heavy atom. The molecule has 0 spiro atoms. The molecule has 0 atom stereocenters. The summed E-state index contributed by atoms with van der Waals surface area (Å²) in [6.07, 6.45) is 0. The zero-order valence-electron chi connectivity index (χ0n) is 18.8. The van der Waals surface area contributed by atoms with Crippen molar-refractivity contribution in [3.8, 4) is 11.4 Å². The predicted octanol–water partition coefficient (Wildman–Crippen LogP) is 4.52. The minimum absolute atomic E-state index is 0.00638. The molecule has 0 radical (unpaired) electrons. The lowest BCUT2D eigenvalue weighted by Gasteiger charge is -2.18. The average Bonchev–Trinajstić information content (AvgIpc) is 3.16. The molecular weight excluding hydrogens is 436 g/mol. The molecular formula is C25H26N4O3S. The van der Waals surface area contributed by atoms with E-state index in [4.69, 9.17) is 4.98 Å². The van der Waals surface area contributed by atoms with Crippen LogP contribution < -0.4 is 4.72 Å². The van der Waals surface area contributed by atoms with Crippen molar-refractivity contribution in [3.05, 3.63) is 78.4 Å². The standard InChI is InChI=1S/C25H26N4O3S/c1-4-29(5-2)25(30)19-13-11-18(12-14-19)24-26-22-17-20(15-16-23(22)28(24)3)27-33(31,32)21-9-7-6-8-10-21/h6-17,27H,4-5H2,1-3H3. The third-order valence-electron chi connectivity index (χ3n) is 5.63. The molecule has 0 fully saturated rings. The number of benzene rings is 3. The number of hydrogen-bond donors (Lipinski definition) is 1. The SMILES string of the molecule is CCN(CC)C(=O)c1ccc(-c2nc3cc(NS(=O)(=O)c4ccccc4)ccc3n2C)cc1. The number of imidazole rings is 1. The van der Waals surface area contributed by atoms with Gasteiger partial charge in [0.2, 0.25) is 0 Å². The van der Waals surface area contributed by atoms with E-state index in [2.05, 4.69) is 4.72 Å². The Morgan fingerprint density at radius 1 is 0.970 bits per heavy atom. The Morgan fingerprint density at radius 3 is 2.27 bits per heavy atom. The molecule has 1 heterocycles. The molecule has 4 rings (SSSR count). The van der Waals surface area contributed by atoms with E-state index >= 15 is 0 Å². The van der Waals surface area contributed by atoms with Gasteiger partial charge >= 0.3 is 0 Å². The first kappa shape index (κ1) is 22.5. The molecule has 1 aromatic heterocycles. The second-order valence-corrected chi connectivity index (χ2v) is 9.35. The van der Waals surface area contributed by atoms with Crippen LogP contribution in [0.3, 0.4) is 0 Å². The third-order valence-corrected chi connectivity index (χ3v) is 7.02. The van der Waals surface area contributed by atoms with Crippen LogP contribution in [0.4, 0.5) is 5.69 Å². The first-order valence-electron chi connectivity index (χ1n) is 10.8. The lowest BCUT2D eigenvalue weighted by atomic mass is 10.1. The summed E-state index contributed by atoms with van der Waals surface area (Å²) in [5, 5.41) is 0. The van der Waals surface area contributed by atoms with Crippen molar-refractivity contribution in [2.45, 2.75) is 18.7 Å². The number of amides is 1. The molecule has 0 aliphatic heterocycles. The number of aryl methyl sites for hydroxylation is 1. The number of carbonyl (C=O) groups excluding carboxylic acids is 1. The van der Waals surface area contributed by atoms with Crippen molar-refractivity contribution in [3.63, 3.8) is 0 Å². The first-order valence-corrected chi connectivity index (χ1v) is 12.3. The molecule has 8 heteroatoms. The minimum atomic E-state index is -3.68. The second kappa shape index (κ2) is 9.07. The van der Waals surface area contributed by atoms with Crippen molar-refractivity contribution < 1.29 is 13.2 Å². The largest absolute Gasteiger partial charge is 0.339 e. The van der Waals surface area contributed by atoms with Crippen LogP contribution in [0, 0.1) is 0 Å². The van der Waals surface area contributed by atoms with Crippen molar-refractivity contribution in [1.82, 2.24) is 14.5 Å². The summed E-state index contributed by atoms with van der Waals surface area (Å²) in [5.41, 5.74) is 3.49. The highest BCUT2D eigenvalue weighted by Gasteiger charge is 2.17. The highest BCUT2D eigenvalue weighted by molar-refractivity contribution is 7.92. The number of carbonyl (C=O) groups is 1. The molecule has 0 saturated heterocycles. The van der Waals surface area contributed by atoms with Gasteiger partial charge in [-0.1, -0.05) is 30.3 Å². The van der Waals surface area contributed by atoms with E-state index in [9.17, 15) is 13.2 Å². The summed E-state index contributed by atoms with van der Waals surface area (Å²) in [7, 11) is -1.77. The van der Waals surface area contributed by atoms with Gasteiger partial charge in [0.15, 0.2) is 0 Å². The highest BCUT2D eigenvalue weighted by atomic mass is 32.2. The van der Waals surface area contributed by atoms with Crippen LogP contribution in [0.15, 0.2) is 77.7 Å². The zero-order valence-corrected chi connectivity index (χ0v) is 19.6. The third kappa shape index (κ3) is 4.47. The van der Waals surface area contributed by atoms with Crippen molar-refractivity contribution in [2.75, 3.05) is 17.8 Å². The lowest BCUT2D eigenvalue weighted by molar-refractivity contribution is 0.0773. The molecule has 3 aromatic carbocycles. The maximum Gasteiger partial charge on any atom is 0.261 e. The van der Waals surface area contributed by atoms with Gasteiger partial charge in [-0.2, -0.15) is 0 Å². The Kier molecular flexibility index (Phi) is 6.20. The summed E-state index contributed by atoms with van der Waals surface area (Å²) in [6, 6.07) is 20.9. The number of hydrogen-bond acceptors (Lipinski definition) is 4. The Labute approximate surface area is 193 Å². The van der Waals surface area contributed by atoms with Crippen LogP contribution >= 0.6 is 0 Å². The van der Waals surface area contributed by atoms with Crippen LogP contribution in [-0.4, -0.2) is 41.9 Å². The normalized spacial score (nSPS) is 11.5. The Bertz CT molecular complexity index is 1390. The fourth-order valence-electron chi connectivity index (χ4n) is 3.79. The molecule has 170 valence electrons. The van der Waals surface area contributed by atoms with Crippen molar-refractivity contribution in [1.29, 1.82) is 0 Å². The number of sulfonamides is 1. The molecule has 0 aliphatic carbocycles. The fourth-order valence-corrected chi connectivity index (χ4v) is 4.86. The number of anilines is 1. The van der Waals surface area contributed by atoms with Gasteiger partial charge in [0, 0.05) is 31.3 Å². The van der Waals surface area contributed by atoms with E-state index in [1.165, 1.54) is 0 Å². The van der Waals surface area contributed by atoms with Crippen LogP contribution in [0.2, 0.25) is 0 Å². The summed E-state index contributed by atoms with van der Waals surface area (Å²) < 4.78 is 29.9. The maximum atomic E-state index is 12.6. The number of fused-ring (bicyclic) bond motifs is 1. The van der Waals surface area contributed by atoms with Crippen LogP contribution in [0.5, 0.6) is 0 Å².